The highest BCUT2D eigenvalue weighted by Crippen LogP contribution is 2.31. The van der Waals surface area contributed by atoms with Crippen LogP contribution in [0.1, 0.15) is 15.9 Å². The van der Waals surface area contributed by atoms with Crippen molar-refractivity contribution in [1.29, 1.82) is 0 Å². The molecule has 9 heteroatoms. The van der Waals surface area contributed by atoms with Crippen LogP contribution in [0.2, 0.25) is 0 Å². The number of halogens is 2. The molecule has 152 valence electrons. The minimum absolute atomic E-state index is 0.152. The van der Waals surface area contributed by atoms with Gasteiger partial charge in [0.1, 0.15) is 11.5 Å². The van der Waals surface area contributed by atoms with Gasteiger partial charge in [-0.1, -0.05) is 31.9 Å². The van der Waals surface area contributed by atoms with E-state index in [2.05, 4.69) is 41.8 Å². The van der Waals surface area contributed by atoms with Gasteiger partial charge in [0.2, 0.25) is 5.78 Å². The molecule has 2 N–H and O–H groups in total. The van der Waals surface area contributed by atoms with E-state index in [0.29, 0.717) is 42.3 Å². The highest BCUT2D eigenvalue weighted by atomic mass is 79.9. The summed E-state index contributed by atoms with van der Waals surface area (Å²) in [5.41, 5.74) is -0.636. The largest absolute Gasteiger partial charge is 0.495 e. The van der Waals surface area contributed by atoms with Crippen LogP contribution >= 0.6 is 31.9 Å². The molecular formula is C21H14Br2N2O5. The molecule has 30 heavy (non-hydrogen) atoms. The molecule has 0 unspecified atom stereocenters. The number of pyridine rings is 2. The van der Waals surface area contributed by atoms with E-state index in [9.17, 15) is 14.4 Å². The fourth-order valence-corrected chi connectivity index (χ4v) is 4.18. The first-order valence-corrected chi connectivity index (χ1v) is 10.3. The zero-order valence-electron chi connectivity index (χ0n) is 15.8. The standard InChI is InChI=1S/C21H14Br2N2O5/c1-29-15-5-3-13(22)9-7-11(20(27)24-17(9)15)19(26)12-8-10-14(23)4-6-16(30-2)18(10)25-21(12)28/h3-8H,1-2H3,(H,24,27)(H,25,28). The molecule has 4 aromatic rings. The Morgan fingerprint density at radius 2 is 1.17 bits per heavy atom. The number of carbonyl (C=O) groups is 1. The number of aromatic nitrogens is 2. The second kappa shape index (κ2) is 7.73. The molecule has 0 spiro atoms. The van der Waals surface area contributed by atoms with Gasteiger partial charge in [-0.25, -0.2) is 0 Å². The van der Waals surface area contributed by atoms with Gasteiger partial charge in [0, 0.05) is 19.7 Å². The van der Waals surface area contributed by atoms with Gasteiger partial charge in [-0.05, 0) is 36.4 Å². The SMILES string of the molecule is COc1ccc(Br)c2cc(C(=O)c3cc4c(Br)ccc(OC)c4[nH]c3=O)c(=O)[nH]c12. The van der Waals surface area contributed by atoms with Gasteiger partial charge in [0.15, 0.2) is 0 Å². The van der Waals surface area contributed by atoms with E-state index in [0.717, 1.165) is 0 Å². The molecule has 7 nitrogen and oxygen atoms in total. The normalized spacial score (nSPS) is 11.1. The Balaban J connectivity index is 1.96. The summed E-state index contributed by atoms with van der Waals surface area (Å²) in [5, 5.41) is 1.16. The van der Waals surface area contributed by atoms with Crippen molar-refractivity contribution in [1.82, 2.24) is 9.97 Å². The van der Waals surface area contributed by atoms with Crippen molar-refractivity contribution in [2.24, 2.45) is 0 Å². The summed E-state index contributed by atoms with van der Waals surface area (Å²) >= 11 is 6.84. The summed E-state index contributed by atoms with van der Waals surface area (Å²) in [5.74, 6) is 0.235. The van der Waals surface area contributed by atoms with Gasteiger partial charge in [0.05, 0.1) is 36.4 Å². The smallest absolute Gasteiger partial charge is 0.259 e. The Morgan fingerprint density at radius 3 is 1.53 bits per heavy atom. The molecule has 0 fully saturated rings. The molecule has 0 radical (unpaired) electrons. The van der Waals surface area contributed by atoms with Crippen LogP contribution in [0.3, 0.4) is 0 Å². The molecule has 0 saturated heterocycles. The fourth-order valence-electron chi connectivity index (χ4n) is 3.29. The van der Waals surface area contributed by atoms with Crippen molar-refractivity contribution < 1.29 is 14.3 Å². The van der Waals surface area contributed by atoms with Crippen LogP contribution < -0.4 is 20.6 Å². The summed E-state index contributed by atoms with van der Waals surface area (Å²) in [6.07, 6.45) is 0. The van der Waals surface area contributed by atoms with Crippen LogP contribution in [-0.2, 0) is 0 Å². The summed E-state index contributed by atoms with van der Waals surface area (Å²) in [4.78, 5) is 43.9. The predicted octanol–water partition coefficient (Wildman–Crippen LogP) is 4.14. The van der Waals surface area contributed by atoms with E-state index in [4.69, 9.17) is 9.47 Å². The lowest BCUT2D eigenvalue weighted by molar-refractivity contribution is 0.103. The molecule has 0 amide bonds. The molecule has 0 saturated carbocycles. The third-order valence-electron chi connectivity index (χ3n) is 4.78. The van der Waals surface area contributed by atoms with E-state index in [-0.39, 0.29) is 11.1 Å². The van der Waals surface area contributed by atoms with E-state index in [1.807, 2.05) is 0 Å². The first-order chi connectivity index (χ1) is 14.3. The first kappa shape index (κ1) is 20.4. The third-order valence-corrected chi connectivity index (χ3v) is 6.16. The first-order valence-electron chi connectivity index (χ1n) is 8.69. The van der Waals surface area contributed by atoms with E-state index in [1.54, 1.807) is 24.3 Å². The lowest BCUT2D eigenvalue weighted by Gasteiger charge is -2.10. The van der Waals surface area contributed by atoms with Crippen molar-refractivity contribution >= 4 is 59.4 Å². The number of hydrogen-bond donors (Lipinski definition) is 2. The van der Waals surface area contributed by atoms with Crippen molar-refractivity contribution in [2.75, 3.05) is 14.2 Å². The molecule has 0 bridgehead atoms. The van der Waals surface area contributed by atoms with Gasteiger partial charge in [-0.15, -0.1) is 0 Å². The number of ketones is 1. The molecule has 4 rings (SSSR count). The minimum atomic E-state index is -0.689. The monoisotopic (exact) mass is 532 g/mol. The van der Waals surface area contributed by atoms with Crippen LogP contribution in [0.5, 0.6) is 11.5 Å². The van der Waals surface area contributed by atoms with Crippen LogP contribution in [0.25, 0.3) is 21.8 Å². The molecule has 0 aliphatic heterocycles. The Bertz CT molecular complexity index is 1350. The maximum Gasteiger partial charge on any atom is 0.259 e. The second-order valence-electron chi connectivity index (χ2n) is 6.43. The number of methoxy groups -OCH3 is 2. The molecule has 0 aliphatic rings. The number of ether oxygens (including phenoxy) is 2. The summed E-state index contributed by atoms with van der Waals surface area (Å²) in [7, 11) is 2.97. The van der Waals surface area contributed by atoms with Gasteiger partial charge >= 0.3 is 0 Å². The maximum absolute atomic E-state index is 13.2. The van der Waals surface area contributed by atoms with Gasteiger partial charge < -0.3 is 19.4 Å². The summed E-state index contributed by atoms with van der Waals surface area (Å²) < 4.78 is 11.9. The van der Waals surface area contributed by atoms with E-state index < -0.39 is 16.9 Å². The third kappa shape index (κ3) is 3.23. The molecular weight excluding hydrogens is 520 g/mol. The quantitative estimate of drug-likeness (QED) is 0.384. The van der Waals surface area contributed by atoms with Crippen molar-refractivity contribution in [2.45, 2.75) is 0 Å². The van der Waals surface area contributed by atoms with Gasteiger partial charge in [-0.3, -0.25) is 14.4 Å². The number of benzene rings is 2. The zero-order chi connectivity index (χ0) is 21.6. The summed E-state index contributed by atoms with van der Waals surface area (Å²) in [6, 6.07) is 9.80. The Kier molecular flexibility index (Phi) is 5.25. The Morgan fingerprint density at radius 1 is 0.767 bits per heavy atom. The highest BCUT2D eigenvalue weighted by molar-refractivity contribution is 9.11. The van der Waals surface area contributed by atoms with Crippen LogP contribution in [0.4, 0.5) is 0 Å². The molecule has 2 aromatic heterocycles. The van der Waals surface area contributed by atoms with Crippen LogP contribution in [0, 0.1) is 0 Å². The average Bonchev–Trinajstić information content (AvgIpc) is 2.73. The maximum atomic E-state index is 13.2. The van der Waals surface area contributed by atoms with Gasteiger partial charge in [0.25, 0.3) is 11.1 Å². The number of hydrogen-bond acceptors (Lipinski definition) is 5. The van der Waals surface area contributed by atoms with Gasteiger partial charge in [-0.2, -0.15) is 0 Å². The Hall–Kier alpha value is -2.91. The number of nitrogens with one attached hydrogen (secondary N) is 2. The van der Waals surface area contributed by atoms with Crippen molar-refractivity contribution in [3.63, 3.8) is 0 Å². The van der Waals surface area contributed by atoms with Crippen molar-refractivity contribution in [3.8, 4) is 11.5 Å². The second-order valence-corrected chi connectivity index (χ2v) is 8.14. The minimum Gasteiger partial charge on any atom is -0.495 e. The van der Waals surface area contributed by atoms with E-state index in [1.165, 1.54) is 26.4 Å². The molecule has 0 aliphatic carbocycles. The number of rotatable bonds is 4. The van der Waals surface area contributed by atoms with Crippen LogP contribution in [0.15, 0.2) is 54.9 Å². The highest BCUT2D eigenvalue weighted by Gasteiger charge is 2.21. The van der Waals surface area contributed by atoms with Crippen molar-refractivity contribution in [3.05, 3.63) is 77.2 Å². The predicted molar refractivity (Wildman–Crippen MR) is 121 cm³/mol. The lowest BCUT2D eigenvalue weighted by Crippen LogP contribution is -2.24. The molecule has 0 atom stereocenters. The van der Waals surface area contributed by atoms with E-state index >= 15 is 0 Å². The Labute approximate surface area is 186 Å². The zero-order valence-corrected chi connectivity index (χ0v) is 18.9. The fraction of sp³-hybridized carbons (Fsp3) is 0.0952. The number of fused-ring (bicyclic) bond motifs is 2. The number of H-pyrrole nitrogens is 2. The lowest BCUT2D eigenvalue weighted by atomic mass is 10.0. The topological polar surface area (TPSA) is 101 Å². The summed E-state index contributed by atoms with van der Waals surface area (Å²) in [6.45, 7) is 0. The number of aromatic amines is 2. The molecule has 2 heterocycles. The average molecular weight is 534 g/mol. The molecule has 2 aromatic carbocycles. The number of carbonyl (C=O) groups excluding carboxylic acids is 1. The van der Waals surface area contributed by atoms with Crippen LogP contribution in [-0.4, -0.2) is 30.0 Å².